The van der Waals surface area contributed by atoms with E-state index in [-0.39, 0.29) is 21.6 Å². The molecule has 0 aliphatic carbocycles. The Morgan fingerprint density at radius 1 is 1.17 bits per heavy atom. The first-order valence-corrected chi connectivity index (χ1v) is 5.68. The number of anilines is 2. The number of nitrogens with zero attached hydrogens (tertiary/aromatic N) is 2. The molecule has 2 rings (SSSR count). The molecule has 1 aromatic heterocycles. The molecule has 0 aliphatic heterocycles. The minimum Gasteiger partial charge on any atom is -0.398 e. The number of nitrogens with one attached hydrogen (secondary N) is 1. The number of rotatable bonds is 2. The SMILES string of the molecule is Nc1cccc(Cl)c1C(=O)Nc1ccc(Cl)nn1. The van der Waals surface area contributed by atoms with E-state index in [1.165, 1.54) is 12.1 Å². The van der Waals surface area contributed by atoms with Gasteiger partial charge in [0.1, 0.15) is 0 Å². The van der Waals surface area contributed by atoms with Crippen LogP contribution >= 0.6 is 23.2 Å². The molecule has 0 saturated carbocycles. The van der Waals surface area contributed by atoms with E-state index in [2.05, 4.69) is 15.5 Å². The van der Waals surface area contributed by atoms with Crippen LogP contribution in [0.5, 0.6) is 0 Å². The maximum absolute atomic E-state index is 12.0. The zero-order valence-corrected chi connectivity index (χ0v) is 10.5. The van der Waals surface area contributed by atoms with Crippen LogP contribution in [0, 0.1) is 0 Å². The normalized spacial score (nSPS) is 10.1. The maximum Gasteiger partial charge on any atom is 0.260 e. The predicted molar refractivity (Wildman–Crippen MR) is 70.9 cm³/mol. The van der Waals surface area contributed by atoms with Gasteiger partial charge in [-0.3, -0.25) is 4.79 Å². The summed E-state index contributed by atoms with van der Waals surface area (Å²) in [6, 6.07) is 7.88. The van der Waals surface area contributed by atoms with Crippen molar-refractivity contribution in [1.82, 2.24) is 10.2 Å². The van der Waals surface area contributed by atoms with Gasteiger partial charge in [0.25, 0.3) is 5.91 Å². The van der Waals surface area contributed by atoms with Crippen LogP contribution in [0.3, 0.4) is 0 Å². The average Bonchev–Trinajstić information content (AvgIpc) is 2.32. The molecule has 1 aromatic carbocycles. The molecule has 92 valence electrons. The Balaban J connectivity index is 2.25. The second kappa shape index (κ2) is 5.20. The summed E-state index contributed by atoms with van der Waals surface area (Å²) in [5, 5.41) is 10.4. The number of hydrogen-bond donors (Lipinski definition) is 2. The Morgan fingerprint density at radius 3 is 2.56 bits per heavy atom. The van der Waals surface area contributed by atoms with E-state index in [0.29, 0.717) is 5.69 Å². The standard InChI is InChI=1S/C11H8Cl2N4O/c12-6-2-1-3-7(14)10(6)11(18)15-9-5-4-8(13)16-17-9/h1-5H,14H2,(H,15,17,18). The molecular formula is C11H8Cl2N4O. The fraction of sp³-hybridized carbons (Fsp3) is 0. The molecule has 0 aliphatic rings. The molecule has 0 atom stereocenters. The number of carbonyl (C=O) groups is 1. The van der Waals surface area contributed by atoms with Crippen molar-refractivity contribution in [3.05, 3.63) is 46.1 Å². The number of hydrogen-bond acceptors (Lipinski definition) is 4. The highest BCUT2D eigenvalue weighted by molar-refractivity contribution is 6.35. The molecule has 1 amide bonds. The summed E-state index contributed by atoms with van der Waals surface area (Å²) in [6.07, 6.45) is 0. The van der Waals surface area contributed by atoms with Crippen LogP contribution in [0.2, 0.25) is 10.2 Å². The minimum atomic E-state index is -0.449. The molecule has 2 aromatic rings. The third-order valence-electron chi connectivity index (χ3n) is 2.15. The fourth-order valence-corrected chi connectivity index (χ4v) is 1.71. The van der Waals surface area contributed by atoms with Crippen LogP contribution in [0.15, 0.2) is 30.3 Å². The Hall–Kier alpha value is -1.85. The summed E-state index contributed by atoms with van der Waals surface area (Å²) in [6.45, 7) is 0. The Labute approximate surface area is 113 Å². The number of nitrogens with two attached hydrogens (primary N) is 1. The summed E-state index contributed by atoms with van der Waals surface area (Å²) in [5.41, 5.74) is 6.20. The summed E-state index contributed by atoms with van der Waals surface area (Å²) in [4.78, 5) is 12.0. The Bertz CT molecular complexity index is 566. The second-order valence-corrected chi connectivity index (χ2v) is 4.19. The van der Waals surface area contributed by atoms with Crippen molar-refractivity contribution in [1.29, 1.82) is 0 Å². The van der Waals surface area contributed by atoms with E-state index in [1.54, 1.807) is 18.2 Å². The van der Waals surface area contributed by atoms with Crippen LogP contribution in [-0.4, -0.2) is 16.1 Å². The van der Waals surface area contributed by atoms with Crippen molar-refractivity contribution in [2.45, 2.75) is 0 Å². The van der Waals surface area contributed by atoms with E-state index in [4.69, 9.17) is 28.9 Å². The first kappa shape index (κ1) is 12.6. The third kappa shape index (κ3) is 2.69. The van der Waals surface area contributed by atoms with Gasteiger partial charge in [-0.05, 0) is 24.3 Å². The predicted octanol–water partition coefficient (Wildman–Crippen LogP) is 2.62. The zero-order chi connectivity index (χ0) is 13.1. The van der Waals surface area contributed by atoms with Crippen LogP contribution in [0.25, 0.3) is 0 Å². The zero-order valence-electron chi connectivity index (χ0n) is 9.02. The number of halogens is 2. The van der Waals surface area contributed by atoms with Gasteiger partial charge in [-0.25, -0.2) is 0 Å². The van der Waals surface area contributed by atoms with Gasteiger partial charge in [0.2, 0.25) is 0 Å². The minimum absolute atomic E-state index is 0.205. The van der Waals surface area contributed by atoms with Gasteiger partial charge in [0.05, 0.1) is 10.6 Å². The smallest absolute Gasteiger partial charge is 0.260 e. The lowest BCUT2D eigenvalue weighted by Crippen LogP contribution is -2.15. The summed E-state index contributed by atoms with van der Waals surface area (Å²) in [7, 11) is 0. The number of aromatic nitrogens is 2. The lowest BCUT2D eigenvalue weighted by molar-refractivity contribution is 0.102. The second-order valence-electron chi connectivity index (χ2n) is 3.40. The van der Waals surface area contributed by atoms with E-state index < -0.39 is 5.91 Å². The highest BCUT2D eigenvalue weighted by Crippen LogP contribution is 2.22. The monoisotopic (exact) mass is 282 g/mol. The molecule has 0 radical (unpaired) electrons. The van der Waals surface area contributed by atoms with E-state index in [0.717, 1.165) is 0 Å². The molecule has 0 bridgehead atoms. The van der Waals surface area contributed by atoms with Gasteiger partial charge in [0.15, 0.2) is 11.0 Å². The number of nitrogen functional groups attached to an aromatic ring is 1. The first-order valence-electron chi connectivity index (χ1n) is 4.92. The Kier molecular flexibility index (Phi) is 3.64. The molecule has 1 heterocycles. The fourth-order valence-electron chi connectivity index (χ4n) is 1.34. The van der Waals surface area contributed by atoms with Crippen molar-refractivity contribution >= 4 is 40.6 Å². The van der Waals surface area contributed by atoms with Gasteiger partial charge in [0, 0.05) is 5.69 Å². The van der Waals surface area contributed by atoms with Crippen LogP contribution in [-0.2, 0) is 0 Å². The molecule has 0 unspecified atom stereocenters. The first-order chi connectivity index (χ1) is 8.58. The molecular weight excluding hydrogens is 275 g/mol. The van der Waals surface area contributed by atoms with Crippen molar-refractivity contribution in [2.75, 3.05) is 11.1 Å². The van der Waals surface area contributed by atoms with Gasteiger partial charge in [-0.15, -0.1) is 10.2 Å². The van der Waals surface area contributed by atoms with Gasteiger partial charge >= 0.3 is 0 Å². The third-order valence-corrected chi connectivity index (χ3v) is 2.66. The average molecular weight is 283 g/mol. The largest absolute Gasteiger partial charge is 0.398 e. The summed E-state index contributed by atoms with van der Waals surface area (Å²) >= 11 is 11.5. The van der Waals surface area contributed by atoms with E-state index >= 15 is 0 Å². The lowest BCUT2D eigenvalue weighted by atomic mass is 10.1. The molecule has 7 heteroatoms. The molecule has 0 spiro atoms. The number of amides is 1. The van der Waals surface area contributed by atoms with Crippen molar-refractivity contribution in [3.8, 4) is 0 Å². The molecule has 0 saturated heterocycles. The maximum atomic E-state index is 12.0. The summed E-state index contributed by atoms with van der Waals surface area (Å²) < 4.78 is 0. The highest BCUT2D eigenvalue weighted by atomic mass is 35.5. The van der Waals surface area contributed by atoms with E-state index in [1.807, 2.05) is 0 Å². The van der Waals surface area contributed by atoms with Crippen molar-refractivity contribution < 1.29 is 4.79 Å². The van der Waals surface area contributed by atoms with Gasteiger partial charge in [-0.1, -0.05) is 29.3 Å². The van der Waals surface area contributed by atoms with Crippen LogP contribution < -0.4 is 11.1 Å². The Morgan fingerprint density at radius 2 is 1.94 bits per heavy atom. The van der Waals surface area contributed by atoms with Crippen LogP contribution in [0.4, 0.5) is 11.5 Å². The van der Waals surface area contributed by atoms with Crippen molar-refractivity contribution in [3.63, 3.8) is 0 Å². The van der Waals surface area contributed by atoms with Crippen molar-refractivity contribution in [2.24, 2.45) is 0 Å². The van der Waals surface area contributed by atoms with Gasteiger partial charge < -0.3 is 11.1 Å². The summed E-state index contributed by atoms with van der Waals surface area (Å²) in [5.74, 6) is -0.182. The number of benzene rings is 1. The topological polar surface area (TPSA) is 80.9 Å². The number of carbonyl (C=O) groups excluding carboxylic acids is 1. The van der Waals surface area contributed by atoms with E-state index in [9.17, 15) is 4.79 Å². The molecule has 0 fully saturated rings. The molecule has 18 heavy (non-hydrogen) atoms. The van der Waals surface area contributed by atoms with Gasteiger partial charge in [-0.2, -0.15) is 0 Å². The quantitative estimate of drug-likeness (QED) is 0.830. The molecule has 5 nitrogen and oxygen atoms in total. The van der Waals surface area contributed by atoms with Crippen LogP contribution in [0.1, 0.15) is 10.4 Å². The highest BCUT2D eigenvalue weighted by Gasteiger charge is 2.14. The molecule has 3 N–H and O–H groups in total. The lowest BCUT2D eigenvalue weighted by Gasteiger charge is -2.07.